The molecule has 2 aromatic rings. The molecule has 0 atom stereocenters. The van der Waals surface area contributed by atoms with Gasteiger partial charge in [-0.15, -0.1) is 0 Å². The number of nitrogens with zero attached hydrogens (tertiary/aromatic N) is 1. The predicted molar refractivity (Wildman–Crippen MR) is 124 cm³/mol. The molecule has 0 aliphatic carbocycles. The standard InChI is InChI=1S/C23H29N3O3S/c1-23(2,3)17-8-10-18(11-9-17)29-16-21(27)25-22(30)24-19-6-4-5-7-20(19)26-12-14-28-15-13-26/h4-11H,12-16H2,1-3H3,(H2,24,25,27,30). The van der Waals surface area contributed by atoms with Crippen molar-refractivity contribution in [2.45, 2.75) is 26.2 Å². The van der Waals surface area contributed by atoms with Crippen LogP contribution in [0, 0.1) is 0 Å². The summed E-state index contributed by atoms with van der Waals surface area (Å²) in [4.78, 5) is 14.5. The van der Waals surface area contributed by atoms with Gasteiger partial charge in [0.25, 0.3) is 5.91 Å². The topological polar surface area (TPSA) is 62.8 Å². The van der Waals surface area contributed by atoms with Crippen molar-refractivity contribution in [2.24, 2.45) is 0 Å². The van der Waals surface area contributed by atoms with Gasteiger partial charge in [-0.3, -0.25) is 10.1 Å². The molecular formula is C23H29N3O3S. The molecule has 0 aromatic heterocycles. The molecule has 7 heteroatoms. The van der Waals surface area contributed by atoms with Gasteiger partial charge in [-0.25, -0.2) is 0 Å². The number of hydrogen-bond donors (Lipinski definition) is 2. The van der Waals surface area contributed by atoms with Crippen molar-refractivity contribution in [1.29, 1.82) is 0 Å². The number of thiocarbonyl (C=S) groups is 1. The Morgan fingerprint density at radius 2 is 1.77 bits per heavy atom. The Morgan fingerprint density at radius 3 is 2.43 bits per heavy atom. The van der Waals surface area contributed by atoms with Crippen LogP contribution >= 0.6 is 12.2 Å². The molecule has 2 N–H and O–H groups in total. The third-order valence-electron chi connectivity index (χ3n) is 4.85. The second kappa shape index (κ2) is 9.91. The van der Waals surface area contributed by atoms with E-state index in [0.717, 1.165) is 24.5 Å². The highest BCUT2D eigenvalue weighted by Crippen LogP contribution is 2.26. The SMILES string of the molecule is CC(C)(C)c1ccc(OCC(=O)NC(=S)Nc2ccccc2N2CCOCC2)cc1. The van der Waals surface area contributed by atoms with E-state index < -0.39 is 0 Å². The zero-order valence-corrected chi connectivity index (χ0v) is 18.6. The fourth-order valence-corrected chi connectivity index (χ4v) is 3.40. The molecule has 2 aromatic carbocycles. The quantitative estimate of drug-likeness (QED) is 0.710. The maximum absolute atomic E-state index is 12.2. The Kier molecular flexibility index (Phi) is 7.29. The number of rotatable bonds is 5. The maximum atomic E-state index is 12.2. The van der Waals surface area contributed by atoms with Crippen LogP contribution in [0.25, 0.3) is 0 Å². The maximum Gasteiger partial charge on any atom is 0.264 e. The molecule has 1 saturated heterocycles. The Labute approximate surface area is 183 Å². The van der Waals surface area contributed by atoms with Crippen molar-refractivity contribution in [1.82, 2.24) is 5.32 Å². The molecule has 1 aliphatic rings. The van der Waals surface area contributed by atoms with Crippen LogP contribution < -0.4 is 20.3 Å². The molecule has 0 spiro atoms. The van der Waals surface area contributed by atoms with Gasteiger partial charge in [-0.05, 0) is 47.5 Å². The Balaban J connectivity index is 1.51. The van der Waals surface area contributed by atoms with E-state index in [1.165, 1.54) is 5.56 Å². The molecule has 6 nitrogen and oxygen atoms in total. The van der Waals surface area contributed by atoms with E-state index in [1.807, 2.05) is 48.5 Å². The van der Waals surface area contributed by atoms with E-state index in [0.29, 0.717) is 19.0 Å². The number of anilines is 2. The third-order valence-corrected chi connectivity index (χ3v) is 5.05. The first kappa shape index (κ1) is 22.1. The molecule has 0 unspecified atom stereocenters. The number of ether oxygens (including phenoxy) is 2. The summed E-state index contributed by atoms with van der Waals surface area (Å²) < 4.78 is 11.0. The zero-order valence-electron chi connectivity index (χ0n) is 17.7. The predicted octanol–water partition coefficient (Wildman–Crippen LogP) is 3.71. The van der Waals surface area contributed by atoms with Crippen LogP contribution in [0.3, 0.4) is 0 Å². The average molecular weight is 428 g/mol. The van der Waals surface area contributed by atoms with Crippen molar-refractivity contribution in [3.8, 4) is 5.75 Å². The van der Waals surface area contributed by atoms with Gasteiger partial charge in [-0.2, -0.15) is 0 Å². The van der Waals surface area contributed by atoms with Crippen molar-refractivity contribution < 1.29 is 14.3 Å². The van der Waals surface area contributed by atoms with Crippen LogP contribution in [-0.4, -0.2) is 43.9 Å². The molecule has 1 amide bonds. The van der Waals surface area contributed by atoms with E-state index in [1.54, 1.807) is 0 Å². The lowest BCUT2D eigenvalue weighted by Crippen LogP contribution is -2.39. The highest BCUT2D eigenvalue weighted by molar-refractivity contribution is 7.80. The lowest BCUT2D eigenvalue weighted by Gasteiger charge is -2.30. The summed E-state index contributed by atoms with van der Waals surface area (Å²) in [6, 6.07) is 15.7. The number of benzene rings is 2. The lowest BCUT2D eigenvalue weighted by atomic mass is 9.87. The first-order chi connectivity index (χ1) is 14.3. The van der Waals surface area contributed by atoms with E-state index in [9.17, 15) is 4.79 Å². The zero-order chi connectivity index (χ0) is 21.6. The summed E-state index contributed by atoms with van der Waals surface area (Å²) >= 11 is 5.32. The number of hydrogen-bond acceptors (Lipinski definition) is 5. The monoisotopic (exact) mass is 427 g/mol. The molecule has 0 radical (unpaired) electrons. The Hall–Kier alpha value is -2.64. The number of nitrogens with one attached hydrogen (secondary N) is 2. The van der Waals surface area contributed by atoms with E-state index in [4.69, 9.17) is 21.7 Å². The second-order valence-corrected chi connectivity index (χ2v) is 8.59. The average Bonchev–Trinajstić information content (AvgIpc) is 2.73. The normalized spacial score (nSPS) is 14.2. The summed E-state index contributed by atoms with van der Waals surface area (Å²) in [5, 5.41) is 6.04. The smallest absolute Gasteiger partial charge is 0.264 e. The number of carbonyl (C=O) groups excluding carboxylic acids is 1. The molecule has 3 rings (SSSR count). The Morgan fingerprint density at radius 1 is 1.10 bits per heavy atom. The second-order valence-electron chi connectivity index (χ2n) is 8.18. The van der Waals surface area contributed by atoms with E-state index in [-0.39, 0.29) is 23.0 Å². The summed E-state index contributed by atoms with van der Waals surface area (Å²) in [6.45, 7) is 9.39. The summed E-state index contributed by atoms with van der Waals surface area (Å²) in [5.74, 6) is 0.339. The van der Waals surface area contributed by atoms with E-state index >= 15 is 0 Å². The van der Waals surface area contributed by atoms with Gasteiger partial charge in [0, 0.05) is 13.1 Å². The van der Waals surface area contributed by atoms with Gasteiger partial charge in [0.2, 0.25) is 0 Å². The van der Waals surface area contributed by atoms with Crippen LogP contribution in [-0.2, 0) is 14.9 Å². The number of morpholine rings is 1. The van der Waals surface area contributed by atoms with Crippen molar-refractivity contribution >= 4 is 34.6 Å². The summed E-state index contributed by atoms with van der Waals surface area (Å²) in [7, 11) is 0. The van der Waals surface area contributed by atoms with Crippen LogP contribution in [0.4, 0.5) is 11.4 Å². The first-order valence-corrected chi connectivity index (χ1v) is 10.5. The minimum Gasteiger partial charge on any atom is -0.484 e. The van der Waals surface area contributed by atoms with Crippen molar-refractivity contribution in [3.63, 3.8) is 0 Å². The highest BCUT2D eigenvalue weighted by atomic mass is 32.1. The Bertz CT molecular complexity index is 872. The van der Waals surface area contributed by atoms with Gasteiger partial charge in [0.05, 0.1) is 24.6 Å². The molecular weight excluding hydrogens is 398 g/mol. The van der Waals surface area contributed by atoms with Crippen molar-refractivity contribution in [3.05, 3.63) is 54.1 Å². The molecule has 0 bridgehead atoms. The minimum absolute atomic E-state index is 0.0747. The fourth-order valence-electron chi connectivity index (χ4n) is 3.18. The van der Waals surface area contributed by atoms with Gasteiger partial charge in [-0.1, -0.05) is 45.0 Å². The van der Waals surface area contributed by atoms with Crippen LogP contribution in [0.1, 0.15) is 26.3 Å². The molecule has 30 heavy (non-hydrogen) atoms. The van der Waals surface area contributed by atoms with Gasteiger partial charge >= 0.3 is 0 Å². The minimum atomic E-state index is -0.309. The fraction of sp³-hybridized carbons (Fsp3) is 0.391. The number of amides is 1. The molecule has 1 fully saturated rings. The summed E-state index contributed by atoms with van der Waals surface area (Å²) in [6.07, 6.45) is 0. The van der Waals surface area contributed by atoms with Gasteiger partial charge < -0.3 is 19.7 Å². The van der Waals surface area contributed by atoms with Crippen LogP contribution in [0.5, 0.6) is 5.75 Å². The largest absolute Gasteiger partial charge is 0.484 e. The molecule has 1 aliphatic heterocycles. The first-order valence-electron chi connectivity index (χ1n) is 10.1. The molecule has 1 heterocycles. The third kappa shape index (κ3) is 6.18. The van der Waals surface area contributed by atoms with Crippen molar-refractivity contribution in [2.75, 3.05) is 43.1 Å². The number of carbonyl (C=O) groups is 1. The number of para-hydroxylation sites is 2. The lowest BCUT2D eigenvalue weighted by molar-refractivity contribution is -0.121. The highest BCUT2D eigenvalue weighted by Gasteiger charge is 2.16. The van der Waals surface area contributed by atoms with Gasteiger partial charge in [0.15, 0.2) is 11.7 Å². The van der Waals surface area contributed by atoms with E-state index in [2.05, 4.69) is 36.3 Å². The summed E-state index contributed by atoms with van der Waals surface area (Å²) in [5.41, 5.74) is 3.17. The molecule has 160 valence electrons. The van der Waals surface area contributed by atoms with Gasteiger partial charge in [0.1, 0.15) is 5.75 Å². The van der Waals surface area contributed by atoms with Crippen LogP contribution in [0.15, 0.2) is 48.5 Å². The van der Waals surface area contributed by atoms with Crippen LogP contribution in [0.2, 0.25) is 0 Å². The molecule has 0 saturated carbocycles.